The van der Waals surface area contributed by atoms with Gasteiger partial charge in [0.15, 0.2) is 0 Å². The molecule has 0 spiro atoms. The minimum atomic E-state index is 0.278. The van der Waals surface area contributed by atoms with Crippen molar-refractivity contribution in [3.63, 3.8) is 0 Å². The molecular formula is C16H22N2O. The number of hydrogen-bond donors (Lipinski definition) is 1. The summed E-state index contributed by atoms with van der Waals surface area (Å²) in [6, 6.07) is 11.2. The van der Waals surface area contributed by atoms with Crippen LogP contribution in [0.1, 0.15) is 37.2 Å². The van der Waals surface area contributed by atoms with Crippen molar-refractivity contribution in [1.29, 1.82) is 0 Å². The smallest absolute Gasteiger partial charge is 0.236 e. The van der Waals surface area contributed by atoms with Crippen molar-refractivity contribution in [3.05, 3.63) is 35.9 Å². The summed E-state index contributed by atoms with van der Waals surface area (Å²) in [5, 5.41) is 3.40. The molecule has 1 saturated carbocycles. The van der Waals surface area contributed by atoms with Crippen molar-refractivity contribution >= 4 is 5.91 Å². The van der Waals surface area contributed by atoms with E-state index in [0.717, 1.165) is 25.9 Å². The zero-order chi connectivity index (χ0) is 13.1. The highest BCUT2D eigenvalue weighted by Gasteiger charge is 2.30. The van der Waals surface area contributed by atoms with Crippen LogP contribution >= 0.6 is 0 Å². The van der Waals surface area contributed by atoms with Gasteiger partial charge in [-0.25, -0.2) is 0 Å². The normalized spacial score (nSPS) is 26.2. The van der Waals surface area contributed by atoms with E-state index in [4.69, 9.17) is 0 Å². The van der Waals surface area contributed by atoms with Gasteiger partial charge in [0.05, 0.1) is 6.54 Å². The van der Waals surface area contributed by atoms with Crippen LogP contribution in [0.4, 0.5) is 0 Å². The van der Waals surface area contributed by atoms with Crippen LogP contribution in [0.5, 0.6) is 0 Å². The Balaban J connectivity index is 1.39. The van der Waals surface area contributed by atoms with Crippen molar-refractivity contribution in [2.75, 3.05) is 19.6 Å². The largest absolute Gasteiger partial charge is 0.342 e. The standard InChI is InChI=1S/C16H22N2O/c19-16(18-8-4-5-9-18)12-17-15-10-14(11-15)13-6-2-1-3-7-13/h1-3,6-7,14-15,17H,4-5,8-12H2. The molecule has 1 aliphatic carbocycles. The second-order valence-corrected chi connectivity index (χ2v) is 5.74. The SMILES string of the molecule is O=C(CNC1CC(c2ccccc2)C1)N1CCCC1. The maximum Gasteiger partial charge on any atom is 0.236 e. The minimum absolute atomic E-state index is 0.278. The lowest BCUT2D eigenvalue weighted by atomic mass is 9.76. The van der Waals surface area contributed by atoms with Gasteiger partial charge in [0.2, 0.25) is 5.91 Å². The average Bonchev–Trinajstić information content (AvgIpc) is 2.92. The summed E-state index contributed by atoms with van der Waals surface area (Å²) in [6.07, 6.45) is 4.67. The molecule has 1 aromatic rings. The van der Waals surface area contributed by atoms with Crippen LogP contribution in [-0.4, -0.2) is 36.5 Å². The molecule has 1 saturated heterocycles. The fourth-order valence-corrected chi connectivity index (χ4v) is 3.09. The summed E-state index contributed by atoms with van der Waals surface area (Å²) in [4.78, 5) is 13.9. The molecule has 102 valence electrons. The van der Waals surface area contributed by atoms with Crippen LogP contribution < -0.4 is 5.32 Å². The van der Waals surface area contributed by atoms with Gasteiger partial charge >= 0.3 is 0 Å². The highest BCUT2D eigenvalue weighted by atomic mass is 16.2. The quantitative estimate of drug-likeness (QED) is 0.897. The second kappa shape index (κ2) is 5.74. The van der Waals surface area contributed by atoms with Crippen molar-refractivity contribution < 1.29 is 4.79 Å². The Morgan fingerprint density at radius 1 is 1.16 bits per heavy atom. The van der Waals surface area contributed by atoms with Gasteiger partial charge in [-0.3, -0.25) is 4.79 Å². The van der Waals surface area contributed by atoms with Crippen molar-refractivity contribution in [2.24, 2.45) is 0 Å². The number of rotatable bonds is 4. The lowest BCUT2D eigenvalue weighted by Crippen LogP contribution is -2.45. The average molecular weight is 258 g/mol. The first kappa shape index (κ1) is 12.7. The van der Waals surface area contributed by atoms with E-state index in [1.165, 1.54) is 18.4 Å². The number of amides is 1. The van der Waals surface area contributed by atoms with E-state index < -0.39 is 0 Å². The van der Waals surface area contributed by atoms with E-state index in [2.05, 4.69) is 35.6 Å². The molecule has 2 fully saturated rings. The molecule has 0 aromatic heterocycles. The number of likely N-dealkylation sites (tertiary alicyclic amines) is 1. The van der Waals surface area contributed by atoms with Crippen LogP contribution in [0.25, 0.3) is 0 Å². The van der Waals surface area contributed by atoms with E-state index in [-0.39, 0.29) is 5.91 Å². The predicted molar refractivity (Wildman–Crippen MR) is 76.0 cm³/mol. The van der Waals surface area contributed by atoms with Crippen LogP contribution in [0.3, 0.4) is 0 Å². The fraction of sp³-hybridized carbons (Fsp3) is 0.562. The molecule has 0 radical (unpaired) electrons. The maximum atomic E-state index is 11.9. The second-order valence-electron chi connectivity index (χ2n) is 5.74. The summed E-state index contributed by atoms with van der Waals surface area (Å²) >= 11 is 0. The molecule has 0 atom stereocenters. The van der Waals surface area contributed by atoms with Gasteiger partial charge in [-0.1, -0.05) is 30.3 Å². The number of hydrogen-bond acceptors (Lipinski definition) is 2. The topological polar surface area (TPSA) is 32.3 Å². The van der Waals surface area contributed by atoms with Crippen LogP contribution in [0.2, 0.25) is 0 Å². The van der Waals surface area contributed by atoms with E-state index in [9.17, 15) is 4.79 Å². The van der Waals surface area contributed by atoms with Gasteiger partial charge in [0, 0.05) is 19.1 Å². The van der Waals surface area contributed by atoms with Gasteiger partial charge in [-0.15, -0.1) is 0 Å². The number of carbonyl (C=O) groups is 1. The molecule has 1 aliphatic heterocycles. The Morgan fingerprint density at radius 2 is 1.84 bits per heavy atom. The van der Waals surface area contributed by atoms with Gasteiger partial charge < -0.3 is 10.2 Å². The first-order chi connectivity index (χ1) is 9.33. The number of carbonyl (C=O) groups excluding carboxylic acids is 1. The number of nitrogens with one attached hydrogen (secondary N) is 1. The summed E-state index contributed by atoms with van der Waals surface area (Å²) in [5.74, 6) is 0.959. The molecule has 2 aliphatic rings. The molecule has 0 bridgehead atoms. The van der Waals surface area contributed by atoms with E-state index in [0.29, 0.717) is 18.5 Å². The first-order valence-electron chi connectivity index (χ1n) is 7.39. The maximum absolute atomic E-state index is 11.9. The highest BCUT2D eigenvalue weighted by molar-refractivity contribution is 5.78. The van der Waals surface area contributed by atoms with E-state index in [1.807, 2.05) is 4.90 Å². The number of benzene rings is 1. The predicted octanol–water partition coefficient (Wildman–Crippen LogP) is 2.14. The summed E-state index contributed by atoms with van der Waals surface area (Å²) in [5.41, 5.74) is 1.44. The molecular weight excluding hydrogens is 236 g/mol. The number of nitrogens with zero attached hydrogens (tertiary/aromatic N) is 1. The lowest BCUT2D eigenvalue weighted by Gasteiger charge is -2.36. The Kier molecular flexibility index (Phi) is 3.83. The third kappa shape index (κ3) is 2.98. The van der Waals surface area contributed by atoms with Crippen LogP contribution in [0.15, 0.2) is 30.3 Å². The Hall–Kier alpha value is -1.35. The zero-order valence-electron chi connectivity index (χ0n) is 11.3. The molecule has 1 aromatic carbocycles. The highest BCUT2D eigenvalue weighted by Crippen LogP contribution is 2.36. The Bertz CT molecular complexity index is 420. The molecule has 0 unspecified atom stereocenters. The fourth-order valence-electron chi connectivity index (χ4n) is 3.09. The van der Waals surface area contributed by atoms with Gasteiger partial charge in [-0.2, -0.15) is 0 Å². The summed E-state index contributed by atoms with van der Waals surface area (Å²) in [7, 11) is 0. The Morgan fingerprint density at radius 3 is 2.53 bits per heavy atom. The van der Waals surface area contributed by atoms with Gasteiger partial charge in [-0.05, 0) is 37.2 Å². The first-order valence-corrected chi connectivity index (χ1v) is 7.39. The van der Waals surface area contributed by atoms with E-state index >= 15 is 0 Å². The van der Waals surface area contributed by atoms with Crippen LogP contribution in [0, 0.1) is 0 Å². The van der Waals surface area contributed by atoms with Crippen molar-refractivity contribution in [2.45, 2.75) is 37.6 Å². The van der Waals surface area contributed by atoms with E-state index in [1.54, 1.807) is 0 Å². The third-order valence-electron chi connectivity index (χ3n) is 4.41. The molecule has 3 nitrogen and oxygen atoms in total. The molecule has 19 heavy (non-hydrogen) atoms. The molecule has 3 heteroatoms. The minimum Gasteiger partial charge on any atom is -0.342 e. The molecule has 1 amide bonds. The zero-order valence-corrected chi connectivity index (χ0v) is 11.3. The third-order valence-corrected chi connectivity index (χ3v) is 4.41. The lowest BCUT2D eigenvalue weighted by molar-refractivity contribution is -0.129. The molecule has 3 rings (SSSR count). The van der Waals surface area contributed by atoms with Gasteiger partial charge in [0.1, 0.15) is 0 Å². The van der Waals surface area contributed by atoms with Crippen molar-refractivity contribution in [3.8, 4) is 0 Å². The monoisotopic (exact) mass is 258 g/mol. The molecule has 1 N–H and O–H groups in total. The Labute approximate surface area is 115 Å². The van der Waals surface area contributed by atoms with Crippen molar-refractivity contribution in [1.82, 2.24) is 10.2 Å². The van der Waals surface area contributed by atoms with Gasteiger partial charge in [0.25, 0.3) is 0 Å². The van der Waals surface area contributed by atoms with Crippen LogP contribution in [-0.2, 0) is 4.79 Å². The summed E-state index contributed by atoms with van der Waals surface area (Å²) < 4.78 is 0. The molecule has 1 heterocycles. The summed E-state index contributed by atoms with van der Waals surface area (Å²) in [6.45, 7) is 2.43.